The molecule has 2 heterocycles. The Morgan fingerprint density at radius 1 is 0.562 bits per heavy atom. The SMILES string of the molecule is Cc1ccc2[nH]c3cc4c(=O)c5cc(Oc6ccccc6)ccc5[nH]c4cc3c(=O)c2c1. The Bertz CT molecular complexity index is 1800. The molecule has 5 nitrogen and oxygen atoms in total. The van der Waals surface area contributed by atoms with Crippen molar-refractivity contribution >= 4 is 43.6 Å². The van der Waals surface area contributed by atoms with Crippen molar-refractivity contribution in [2.45, 2.75) is 6.92 Å². The summed E-state index contributed by atoms with van der Waals surface area (Å²) in [4.78, 5) is 33.1. The van der Waals surface area contributed by atoms with E-state index in [1.165, 1.54) is 0 Å². The van der Waals surface area contributed by atoms with Gasteiger partial charge in [-0.2, -0.15) is 0 Å². The van der Waals surface area contributed by atoms with E-state index in [1.807, 2.05) is 67.6 Å². The maximum absolute atomic E-state index is 13.4. The lowest BCUT2D eigenvalue weighted by Gasteiger charge is -2.09. The predicted octanol–water partition coefficient (Wildman–Crippen LogP) is 5.78. The molecular weight excluding hydrogens is 400 g/mol. The molecule has 0 radical (unpaired) electrons. The first-order valence-corrected chi connectivity index (χ1v) is 10.4. The van der Waals surface area contributed by atoms with E-state index in [1.54, 1.807) is 18.2 Å². The summed E-state index contributed by atoms with van der Waals surface area (Å²) in [6, 6.07) is 24.1. The van der Waals surface area contributed by atoms with Crippen LogP contribution in [0.2, 0.25) is 0 Å². The van der Waals surface area contributed by atoms with Gasteiger partial charge in [0.2, 0.25) is 0 Å². The molecule has 4 aromatic carbocycles. The van der Waals surface area contributed by atoms with Crippen LogP contribution >= 0.6 is 0 Å². The average Bonchev–Trinajstić information content (AvgIpc) is 2.80. The van der Waals surface area contributed by atoms with Crippen LogP contribution in [0.25, 0.3) is 43.6 Å². The lowest BCUT2D eigenvalue weighted by molar-refractivity contribution is 0.483. The third-order valence-electron chi connectivity index (χ3n) is 5.82. The number of aromatic amines is 2. The highest BCUT2D eigenvalue weighted by Crippen LogP contribution is 2.26. The molecule has 154 valence electrons. The van der Waals surface area contributed by atoms with Crippen LogP contribution in [0.15, 0.2) is 88.5 Å². The summed E-state index contributed by atoms with van der Waals surface area (Å²) in [6.45, 7) is 1.96. The molecule has 0 aliphatic rings. The average molecular weight is 418 g/mol. The summed E-state index contributed by atoms with van der Waals surface area (Å²) < 4.78 is 5.90. The standard InChI is InChI=1S/C27H18N2O3/c1-15-7-9-22-18(11-15)26(30)20-13-25-21(14-24(20)28-22)27(31)19-12-17(8-10-23(19)29-25)32-16-5-3-2-4-6-16/h2-14H,1H3,(H,28,30)(H,29,31). The van der Waals surface area contributed by atoms with Crippen molar-refractivity contribution in [2.75, 3.05) is 0 Å². The molecule has 6 rings (SSSR count). The maximum Gasteiger partial charge on any atom is 0.197 e. The van der Waals surface area contributed by atoms with Gasteiger partial charge in [0.1, 0.15) is 11.5 Å². The summed E-state index contributed by atoms with van der Waals surface area (Å²) in [7, 11) is 0. The third-order valence-corrected chi connectivity index (χ3v) is 5.82. The first-order chi connectivity index (χ1) is 15.6. The minimum absolute atomic E-state index is 0.0492. The molecule has 0 saturated heterocycles. The van der Waals surface area contributed by atoms with Crippen LogP contribution in [0.3, 0.4) is 0 Å². The third kappa shape index (κ3) is 2.87. The van der Waals surface area contributed by atoms with Crippen LogP contribution in [-0.4, -0.2) is 9.97 Å². The zero-order chi connectivity index (χ0) is 21.8. The number of ether oxygens (including phenoxy) is 1. The van der Waals surface area contributed by atoms with Crippen molar-refractivity contribution in [3.05, 3.63) is 105 Å². The van der Waals surface area contributed by atoms with E-state index in [4.69, 9.17) is 4.74 Å². The summed E-state index contributed by atoms with van der Waals surface area (Å²) in [5, 5.41) is 2.24. The van der Waals surface area contributed by atoms with Gasteiger partial charge >= 0.3 is 0 Å². The van der Waals surface area contributed by atoms with Crippen molar-refractivity contribution in [2.24, 2.45) is 0 Å². The van der Waals surface area contributed by atoms with E-state index in [0.29, 0.717) is 49.6 Å². The molecule has 0 fully saturated rings. The number of aromatic nitrogens is 2. The first-order valence-electron chi connectivity index (χ1n) is 10.4. The van der Waals surface area contributed by atoms with Crippen LogP contribution in [0.1, 0.15) is 5.56 Å². The molecule has 0 bridgehead atoms. The Morgan fingerprint density at radius 2 is 1.12 bits per heavy atom. The van der Waals surface area contributed by atoms with Gasteiger partial charge in [-0.15, -0.1) is 0 Å². The number of rotatable bonds is 2. The molecule has 0 atom stereocenters. The monoisotopic (exact) mass is 418 g/mol. The Morgan fingerprint density at radius 3 is 1.78 bits per heavy atom. The van der Waals surface area contributed by atoms with Crippen LogP contribution in [0.4, 0.5) is 0 Å². The molecule has 5 heteroatoms. The zero-order valence-corrected chi connectivity index (χ0v) is 17.2. The first kappa shape index (κ1) is 18.4. The highest BCUT2D eigenvalue weighted by atomic mass is 16.5. The molecule has 0 unspecified atom stereocenters. The normalized spacial score (nSPS) is 11.5. The Labute approximate surface area is 181 Å². The minimum Gasteiger partial charge on any atom is -0.457 e. The fraction of sp³-hybridized carbons (Fsp3) is 0.0370. The smallest absolute Gasteiger partial charge is 0.197 e. The zero-order valence-electron chi connectivity index (χ0n) is 17.2. The van der Waals surface area contributed by atoms with Crippen LogP contribution < -0.4 is 15.6 Å². The molecule has 0 saturated carbocycles. The molecule has 0 amide bonds. The van der Waals surface area contributed by atoms with Crippen molar-refractivity contribution in [3.8, 4) is 11.5 Å². The maximum atomic E-state index is 13.4. The number of fused-ring (bicyclic) bond motifs is 4. The summed E-state index contributed by atoms with van der Waals surface area (Å²) >= 11 is 0. The van der Waals surface area contributed by atoms with E-state index in [2.05, 4.69) is 9.97 Å². The van der Waals surface area contributed by atoms with Crippen molar-refractivity contribution < 1.29 is 4.74 Å². The number of pyridine rings is 2. The van der Waals surface area contributed by atoms with Crippen molar-refractivity contribution in [1.29, 1.82) is 0 Å². The second-order valence-electron chi connectivity index (χ2n) is 8.02. The summed E-state index contributed by atoms with van der Waals surface area (Å²) in [6.07, 6.45) is 0. The Balaban J connectivity index is 1.60. The summed E-state index contributed by atoms with van der Waals surface area (Å²) in [5.41, 5.74) is 3.57. The Hall–Kier alpha value is -4.38. The number of hydrogen-bond donors (Lipinski definition) is 2. The van der Waals surface area contributed by atoms with Gasteiger partial charge in [-0.05, 0) is 61.5 Å². The number of hydrogen-bond acceptors (Lipinski definition) is 3. The van der Waals surface area contributed by atoms with Gasteiger partial charge in [0, 0.05) is 27.1 Å². The minimum atomic E-state index is -0.112. The number of aryl methyl sites for hydroxylation is 1. The van der Waals surface area contributed by atoms with Gasteiger partial charge in [-0.25, -0.2) is 0 Å². The summed E-state index contributed by atoms with van der Waals surface area (Å²) in [5.74, 6) is 1.29. The van der Waals surface area contributed by atoms with Crippen LogP contribution in [0, 0.1) is 6.92 Å². The topological polar surface area (TPSA) is 75.0 Å². The molecule has 0 aliphatic heterocycles. The molecule has 2 N–H and O–H groups in total. The second kappa shape index (κ2) is 6.82. The van der Waals surface area contributed by atoms with Gasteiger partial charge in [0.05, 0.1) is 16.6 Å². The van der Waals surface area contributed by atoms with Gasteiger partial charge in [0.25, 0.3) is 0 Å². The van der Waals surface area contributed by atoms with E-state index in [-0.39, 0.29) is 10.9 Å². The van der Waals surface area contributed by atoms with Crippen molar-refractivity contribution in [1.82, 2.24) is 9.97 Å². The van der Waals surface area contributed by atoms with Gasteiger partial charge in [-0.3, -0.25) is 9.59 Å². The number of nitrogens with one attached hydrogen (secondary N) is 2. The molecule has 0 spiro atoms. The van der Waals surface area contributed by atoms with E-state index >= 15 is 0 Å². The molecule has 0 aliphatic carbocycles. The number of para-hydroxylation sites is 1. The number of benzene rings is 4. The highest BCUT2D eigenvalue weighted by Gasteiger charge is 2.12. The van der Waals surface area contributed by atoms with E-state index in [0.717, 1.165) is 11.1 Å². The quantitative estimate of drug-likeness (QED) is 0.350. The largest absolute Gasteiger partial charge is 0.457 e. The fourth-order valence-electron chi connectivity index (χ4n) is 4.23. The van der Waals surface area contributed by atoms with Gasteiger partial charge in [0.15, 0.2) is 10.9 Å². The van der Waals surface area contributed by atoms with Crippen molar-refractivity contribution in [3.63, 3.8) is 0 Å². The molecule has 32 heavy (non-hydrogen) atoms. The highest BCUT2D eigenvalue weighted by molar-refractivity contribution is 6.02. The van der Waals surface area contributed by atoms with E-state index in [9.17, 15) is 9.59 Å². The lowest BCUT2D eigenvalue weighted by atomic mass is 10.0. The van der Waals surface area contributed by atoms with E-state index < -0.39 is 0 Å². The molecule has 2 aromatic heterocycles. The van der Waals surface area contributed by atoms with Crippen LogP contribution in [0.5, 0.6) is 11.5 Å². The molecular formula is C27H18N2O3. The predicted molar refractivity (Wildman–Crippen MR) is 129 cm³/mol. The Kier molecular flexibility index (Phi) is 3.92. The van der Waals surface area contributed by atoms with Gasteiger partial charge < -0.3 is 14.7 Å². The second-order valence-corrected chi connectivity index (χ2v) is 8.02. The van der Waals surface area contributed by atoms with Crippen LogP contribution in [-0.2, 0) is 0 Å². The number of H-pyrrole nitrogens is 2. The molecule has 6 aromatic rings. The lowest BCUT2D eigenvalue weighted by Crippen LogP contribution is -2.08. The van der Waals surface area contributed by atoms with Gasteiger partial charge in [-0.1, -0.05) is 29.8 Å². The fourth-order valence-corrected chi connectivity index (χ4v) is 4.23.